The van der Waals surface area contributed by atoms with Gasteiger partial charge in [-0.2, -0.15) is 0 Å². The van der Waals surface area contributed by atoms with E-state index in [1.807, 2.05) is 0 Å². The van der Waals surface area contributed by atoms with Crippen LogP contribution in [0.4, 0.5) is 11.6 Å². The molecule has 1 fully saturated rings. The fraction of sp³-hybridized carbons (Fsp3) is 0.312. The molecule has 2 N–H and O–H groups in total. The highest BCUT2D eigenvalue weighted by Gasteiger charge is 2.28. The van der Waals surface area contributed by atoms with E-state index >= 15 is 0 Å². The van der Waals surface area contributed by atoms with Gasteiger partial charge in [-0.3, -0.25) is 14.9 Å². The summed E-state index contributed by atoms with van der Waals surface area (Å²) in [7, 11) is 0. The minimum Gasteiger partial charge on any atom is -0.368 e. The molecule has 1 saturated heterocycles. The van der Waals surface area contributed by atoms with Crippen LogP contribution in [0.2, 0.25) is 5.02 Å². The summed E-state index contributed by atoms with van der Waals surface area (Å²) in [6.07, 6.45) is 3.32. The van der Waals surface area contributed by atoms with Gasteiger partial charge in [0.2, 0.25) is 5.95 Å². The van der Waals surface area contributed by atoms with Crippen molar-refractivity contribution in [2.45, 2.75) is 18.8 Å². The number of hydrogen-bond donors (Lipinski definition) is 1. The standard InChI is InChI=1S/C16H16ClN5O3/c17-13-8-11(22(24)25)3-4-12(13)15(23)21-7-1-2-10(9-21)14-5-6-19-16(18)20-14/h3-6,8,10H,1-2,7,9H2,(H2,18,19,20)/t10-/m0/s1. The lowest BCUT2D eigenvalue weighted by Gasteiger charge is -2.32. The molecule has 0 spiro atoms. The number of nitrogens with two attached hydrogens (primary N) is 1. The van der Waals surface area contributed by atoms with E-state index in [9.17, 15) is 14.9 Å². The lowest BCUT2D eigenvalue weighted by Crippen LogP contribution is -2.39. The molecule has 1 atom stereocenters. The zero-order valence-electron chi connectivity index (χ0n) is 13.3. The molecule has 2 heterocycles. The highest BCUT2D eigenvalue weighted by molar-refractivity contribution is 6.34. The van der Waals surface area contributed by atoms with Crippen LogP contribution < -0.4 is 5.73 Å². The van der Waals surface area contributed by atoms with Gasteiger partial charge in [0, 0.05) is 37.3 Å². The highest BCUT2D eigenvalue weighted by Crippen LogP contribution is 2.29. The molecule has 130 valence electrons. The van der Waals surface area contributed by atoms with E-state index in [1.54, 1.807) is 17.2 Å². The molecule has 0 unspecified atom stereocenters. The number of hydrogen-bond acceptors (Lipinski definition) is 6. The Bertz CT molecular complexity index is 829. The summed E-state index contributed by atoms with van der Waals surface area (Å²) in [5.74, 6) is 0.0332. The smallest absolute Gasteiger partial charge is 0.270 e. The number of nitrogen functional groups attached to an aromatic ring is 1. The number of nitro benzene ring substituents is 1. The first-order valence-electron chi connectivity index (χ1n) is 7.77. The van der Waals surface area contributed by atoms with Crippen LogP contribution in [0, 0.1) is 10.1 Å². The number of rotatable bonds is 3. The number of benzene rings is 1. The van der Waals surface area contributed by atoms with E-state index in [4.69, 9.17) is 17.3 Å². The Labute approximate surface area is 148 Å². The van der Waals surface area contributed by atoms with Crippen LogP contribution in [0.15, 0.2) is 30.5 Å². The number of nitrogens with zero attached hydrogens (tertiary/aromatic N) is 4. The Kier molecular flexibility index (Phi) is 4.80. The summed E-state index contributed by atoms with van der Waals surface area (Å²) in [5.41, 5.74) is 6.55. The summed E-state index contributed by atoms with van der Waals surface area (Å²) in [4.78, 5) is 32.8. The Morgan fingerprint density at radius 1 is 1.40 bits per heavy atom. The minimum atomic E-state index is -0.545. The van der Waals surface area contributed by atoms with Gasteiger partial charge in [-0.1, -0.05) is 11.6 Å². The van der Waals surface area contributed by atoms with Crippen molar-refractivity contribution in [3.8, 4) is 0 Å². The van der Waals surface area contributed by atoms with Gasteiger partial charge >= 0.3 is 0 Å². The number of carbonyl (C=O) groups excluding carboxylic acids is 1. The van der Waals surface area contributed by atoms with E-state index in [0.29, 0.717) is 13.1 Å². The van der Waals surface area contributed by atoms with Gasteiger partial charge in [-0.05, 0) is 25.0 Å². The van der Waals surface area contributed by atoms with Crippen LogP contribution in [-0.2, 0) is 0 Å². The van der Waals surface area contributed by atoms with Crippen molar-refractivity contribution in [3.63, 3.8) is 0 Å². The van der Waals surface area contributed by atoms with Crippen LogP contribution >= 0.6 is 11.6 Å². The number of aromatic nitrogens is 2. The number of amides is 1. The van der Waals surface area contributed by atoms with Crippen LogP contribution in [0.25, 0.3) is 0 Å². The SMILES string of the molecule is Nc1nccc([C@H]2CCCN(C(=O)c3ccc([N+](=O)[O-])cc3Cl)C2)n1. The number of anilines is 1. The molecule has 8 nitrogen and oxygen atoms in total. The fourth-order valence-corrected chi connectivity index (χ4v) is 3.24. The molecule has 2 aromatic rings. The van der Waals surface area contributed by atoms with Crippen LogP contribution in [0.3, 0.4) is 0 Å². The Hall–Kier alpha value is -2.74. The number of carbonyl (C=O) groups is 1. The molecule has 1 aromatic heterocycles. The molecule has 9 heteroatoms. The molecule has 1 amide bonds. The third-order valence-electron chi connectivity index (χ3n) is 4.22. The number of halogens is 1. The molecule has 0 bridgehead atoms. The normalized spacial score (nSPS) is 17.3. The number of piperidine rings is 1. The summed E-state index contributed by atoms with van der Waals surface area (Å²) in [6.45, 7) is 1.09. The lowest BCUT2D eigenvalue weighted by molar-refractivity contribution is -0.384. The molecule has 25 heavy (non-hydrogen) atoms. The highest BCUT2D eigenvalue weighted by atomic mass is 35.5. The van der Waals surface area contributed by atoms with Gasteiger partial charge < -0.3 is 10.6 Å². The van der Waals surface area contributed by atoms with Crippen molar-refractivity contribution in [1.29, 1.82) is 0 Å². The van der Waals surface area contributed by atoms with Gasteiger partial charge in [0.05, 0.1) is 21.2 Å². The third-order valence-corrected chi connectivity index (χ3v) is 4.53. The predicted octanol–water partition coefficient (Wildman–Crippen LogP) is 2.64. The summed E-state index contributed by atoms with van der Waals surface area (Å²) in [6, 6.07) is 5.68. The van der Waals surface area contributed by atoms with Gasteiger partial charge in [0.1, 0.15) is 0 Å². The van der Waals surface area contributed by atoms with Crippen LogP contribution in [0.5, 0.6) is 0 Å². The van der Waals surface area contributed by atoms with Gasteiger partial charge in [-0.15, -0.1) is 0 Å². The summed E-state index contributed by atoms with van der Waals surface area (Å²) < 4.78 is 0. The van der Waals surface area contributed by atoms with E-state index in [0.717, 1.165) is 18.5 Å². The molecule has 0 aliphatic carbocycles. The largest absolute Gasteiger partial charge is 0.368 e. The second-order valence-corrected chi connectivity index (χ2v) is 6.26. The molecular weight excluding hydrogens is 346 g/mol. The molecule has 1 aromatic carbocycles. The first-order valence-corrected chi connectivity index (χ1v) is 8.15. The first kappa shape index (κ1) is 17.1. The maximum absolute atomic E-state index is 12.8. The van der Waals surface area contributed by atoms with Crippen molar-refractivity contribution < 1.29 is 9.72 Å². The topological polar surface area (TPSA) is 115 Å². The van der Waals surface area contributed by atoms with Crippen molar-refractivity contribution in [1.82, 2.24) is 14.9 Å². The molecule has 3 rings (SSSR count). The summed E-state index contributed by atoms with van der Waals surface area (Å²) in [5, 5.41) is 10.9. The second kappa shape index (κ2) is 7.02. The molecule has 1 aliphatic rings. The average Bonchev–Trinajstić information content (AvgIpc) is 2.61. The van der Waals surface area contributed by atoms with E-state index < -0.39 is 4.92 Å². The zero-order valence-corrected chi connectivity index (χ0v) is 14.0. The Morgan fingerprint density at radius 3 is 2.88 bits per heavy atom. The van der Waals surface area contributed by atoms with E-state index in [-0.39, 0.29) is 34.0 Å². The van der Waals surface area contributed by atoms with Gasteiger partial charge in [0.15, 0.2) is 0 Å². The number of non-ortho nitro benzene ring substituents is 1. The third kappa shape index (κ3) is 3.69. The van der Waals surface area contributed by atoms with Crippen LogP contribution in [0.1, 0.15) is 34.8 Å². The maximum atomic E-state index is 12.8. The van der Waals surface area contributed by atoms with E-state index in [1.165, 1.54) is 18.2 Å². The quantitative estimate of drug-likeness (QED) is 0.663. The molecule has 0 saturated carbocycles. The molecular formula is C16H16ClN5O3. The zero-order chi connectivity index (χ0) is 18.0. The first-order chi connectivity index (χ1) is 12.0. The second-order valence-electron chi connectivity index (χ2n) is 5.85. The average molecular weight is 362 g/mol. The monoisotopic (exact) mass is 361 g/mol. The molecule has 0 radical (unpaired) electrons. The van der Waals surface area contributed by atoms with E-state index in [2.05, 4.69) is 9.97 Å². The maximum Gasteiger partial charge on any atom is 0.270 e. The summed E-state index contributed by atoms with van der Waals surface area (Å²) >= 11 is 6.07. The van der Waals surface area contributed by atoms with Crippen molar-refractivity contribution in [2.75, 3.05) is 18.8 Å². The predicted molar refractivity (Wildman–Crippen MR) is 92.4 cm³/mol. The Balaban J connectivity index is 1.79. The van der Waals surface area contributed by atoms with Crippen molar-refractivity contribution in [2.24, 2.45) is 0 Å². The Morgan fingerprint density at radius 2 is 2.20 bits per heavy atom. The number of likely N-dealkylation sites (tertiary alicyclic amines) is 1. The van der Waals surface area contributed by atoms with Crippen LogP contribution in [-0.4, -0.2) is 38.8 Å². The van der Waals surface area contributed by atoms with Gasteiger partial charge in [-0.25, -0.2) is 9.97 Å². The minimum absolute atomic E-state index is 0.0693. The molecule has 1 aliphatic heterocycles. The van der Waals surface area contributed by atoms with Crippen molar-refractivity contribution in [3.05, 3.63) is 56.9 Å². The lowest BCUT2D eigenvalue weighted by atomic mass is 9.94. The van der Waals surface area contributed by atoms with Crippen molar-refractivity contribution >= 4 is 29.1 Å². The fourth-order valence-electron chi connectivity index (χ4n) is 2.98. The number of nitro groups is 1. The van der Waals surface area contributed by atoms with Gasteiger partial charge in [0.25, 0.3) is 11.6 Å².